The molecule has 0 saturated carbocycles. The molecule has 1 aromatic heterocycles. The maximum absolute atomic E-state index is 12.7. The molecule has 2 saturated heterocycles. The molecule has 3 N–H and O–H groups in total. The molecule has 0 aromatic carbocycles. The van der Waals surface area contributed by atoms with Gasteiger partial charge in [0.25, 0.3) is 5.56 Å². The van der Waals surface area contributed by atoms with Gasteiger partial charge in [-0.05, 0) is 29.1 Å². The Kier molecular flexibility index (Phi) is 8.10. The molecule has 2 fully saturated rings. The zero-order valence-corrected chi connectivity index (χ0v) is 24.3. The van der Waals surface area contributed by atoms with Gasteiger partial charge in [0.15, 0.2) is 6.23 Å². The van der Waals surface area contributed by atoms with Gasteiger partial charge < -0.3 is 27.9 Å². The molecule has 200 valence electrons. The van der Waals surface area contributed by atoms with Gasteiger partial charge in [0, 0.05) is 11.8 Å². The van der Waals surface area contributed by atoms with Crippen molar-refractivity contribution in [1.82, 2.24) is 9.55 Å². The van der Waals surface area contributed by atoms with Crippen molar-refractivity contribution in [3.05, 3.63) is 32.6 Å². The quantitative estimate of drug-likeness (QED) is 0.478. The van der Waals surface area contributed by atoms with E-state index in [1.165, 1.54) is 6.20 Å². The van der Waals surface area contributed by atoms with Crippen LogP contribution in [0.15, 0.2) is 15.8 Å². The number of nitrogens with one attached hydrogen (secondary N) is 1. The van der Waals surface area contributed by atoms with Crippen molar-refractivity contribution >= 4 is 17.1 Å². The number of aliphatic hydroxyl groups is 2. The minimum atomic E-state index is -3.10. The average molecular weight is 531 g/mol. The zero-order valence-electron chi connectivity index (χ0n) is 22.3. The maximum atomic E-state index is 12.7. The molecule has 2 aliphatic heterocycles. The number of hydrogen-bond acceptors (Lipinski definition) is 8. The molecule has 2 aliphatic rings. The van der Waals surface area contributed by atoms with Gasteiger partial charge in [-0.2, -0.15) is 0 Å². The highest BCUT2D eigenvalue weighted by molar-refractivity contribution is 6.84. The molecule has 35 heavy (non-hydrogen) atoms. The summed E-state index contributed by atoms with van der Waals surface area (Å²) in [4.78, 5) is 26.8. The van der Waals surface area contributed by atoms with Crippen LogP contribution in [0.2, 0.25) is 22.2 Å². The Balaban J connectivity index is 2.21. The van der Waals surface area contributed by atoms with Crippen LogP contribution >= 0.6 is 0 Å². The van der Waals surface area contributed by atoms with Crippen LogP contribution < -0.4 is 11.2 Å². The molecule has 3 rings (SSSR count). The maximum Gasteiger partial charge on any atom is 0.335 e. The number of aryl methyl sites for hydroxylation is 1. The van der Waals surface area contributed by atoms with E-state index in [2.05, 4.69) is 60.4 Å². The van der Waals surface area contributed by atoms with Crippen molar-refractivity contribution in [2.75, 3.05) is 13.2 Å². The summed E-state index contributed by atoms with van der Waals surface area (Å²) < 4.78 is 28.2. The summed E-state index contributed by atoms with van der Waals surface area (Å²) in [6, 6.07) is 0. The van der Waals surface area contributed by atoms with E-state index < -0.39 is 59.0 Å². The Labute approximate surface area is 209 Å². The summed E-state index contributed by atoms with van der Waals surface area (Å²) in [5.74, 6) is 0. The third-order valence-corrected chi connectivity index (χ3v) is 17.8. The molecule has 3 heterocycles. The van der Waals surface area contributed by atoms with Crippen molar-refractivity contribution < 1.29 is 27.9 Å². The molecule has 0 bridgehead atoms. The third-order valence-electron chi connectivity index (χ3n) is 7.56. The second-order valence-electron chi connectivity index (χ2n) is 11.2. The molecule has 1 aromatic rings. The monoisotopic (exact) mass is 530 g/mol. The van der Waals surface area contributed by atoms with Gasteiger partial charge in [-0.15, -0.1) is 0 Å². The van der Waals surface area contributed by atoms with Crippen molar-refractivity contribution in [3.63, 3.8) is 0 Å². The molecule has 0 spiro atoms. The van der Waals surface area contributed by atoms with E-state index in [4.69, 9.17) is 17.7 Å². The van der Waals surface area contributed by atoms with Crippen LogP contribution in [0.25, 0.3) is 0 Å². The lowest BCUT2D eigenvalue weighted by atomic mass is 9.97. The van der Waals surface area contributed by atoms with E-state index in [9.17, 15) is 19.8 Å². The highest BCUT2D eigenvalue weighted by Crippen LogP contribution is 2.50. The topological polar surface area (TPSA) is 132 Å². The van der Waals surface area contributed by atoms with Crippen LogP contribution in [0.4, 0.5) is 0 Å². The van der Waals surface area contributed by atoms with Crippen LogP contribution in [0.3, 0.4) is 0 Å². The van der Waals surface area contributed by atoms with E-state index in [-0.39, 0.29) is 28.8 Å². The molecule has 10 nitrogen and oxygen atoms in total. The van der Waals surface area contributed by atoms with Crippen molar-refractivity contribution in [1.29, 1.82) is 0 Å². The molecule has 0 unspecified atom stereocenters. The fourth-order valence-electron chi connectivity index (χ4n) is 5.45. The number of aliphatic hydroxyl groups excluding tert-OH is 2. The Hall–Kier alpha value is -1.13. The molecular weight excluding hydrogens is 488 g/mol. The van der Waals surface area contributed by atoms with Gasteiger partial charge in [0.2, 0.25) is 0 Å². The standard InChI is InChI=1S/C23H42N2O8Si2/c1-13(2)34(14(3)4)30-12-23(11-26)19(32-35(33-34,15(5)6)16(7)8)18(27)21(31-23)25-10-17(9)20(28)24-22(25)29/h10,13-16,18-19,21,26-27H,11-12H2,1-9H3,(H,24,28,29)/t18-,19+,21-,23-/m1/s1. The van der Waals surface area contributed by atoms with E-state index in [0.717, 1.165) is 4.57 Å². The second-order valence-corrected chi connectivity index (χ2v) is 20.0. The fourth-order valence-corrected chi connectivity index (χ4v) is 16.7. The number of nitrogens with zero attached hydrogens (tertiary/aromatic N) is 1. The van der Waals surface area contributed by atoms with Gasteiger partial charge >= 0.3 is 22.8 Å². The number of aromatic nitrogens is 2. The number of rotatable bonds is 6. The Morgan fingerprint density at radius 2 is 1.60 bits per heavy atom. The van der Waals surface area contributed by atoms with Crippen molar-refractivity contribution in [2.24, 2.45) is 0 Å². The number of ether oxygens (including phenoxy) is 1. The smallest absolute Gasteiger partial charge is 0.335 e. The normalized spacial score (nSPS) is 30.7. The Morgan fingerprint density at radius 3 is 2.09 bits per heavy atom. The Bertz CT molecular complexity index is 1010. The summed E-state index contributed by atoms with van der Waals surface area (Å²) in [7, 11) is -6.00. The largest absolute Gasteiger partial charge is 0.414 e. The summed E-state index contributed by atoms with van der Waals surface area (Å²) in [6.07, 6.45) is -2.14. The van der Waals surface area contributed by atoms with Gasteiger partial charge in [0.05, 0.1) is 13.2 Å². The third kappa shape index (κ3) is 4.56. The first kappa shape index (κ1) is 28.4. The predicted octanol–water partition coefficient (Wildman–Crippen LogP) is 2.42. The first-order chi connectivity index (χ1) is 16.2. The number of fused-ring (bicyclic) bond motifs is 1. The number of H-pyrrole nitrogens is 1. The van der Waals surface area contributed by atoms with Crippen LogP contribution in [0.5, 0.6) is 0 Å². The number of hydrogen-bond donors (Lipinski definition) is 3. The summed E-state index contributed by atoms with van der Waals surface area (Å²) >= 11 is 0. The van der Waals surface area contributed by atoms with Crippen molar-refractivity contribution in [3.8, 4) is 0 Å². The molecule has 0 aliphatic carbocycles. The number of aromatic amines is 1. The van der Waals surface area contributed by atoms with Crippen LogP contribution in [0.1, 0.15) is 67.2 Å². The first-order valence-electron chi connectivity index (χ1n) is 12.5. The fraction of sp³-hybridized carbons (Fsp3) is 0.826. The summed E-state index contributed by atoms with van der Waals surface area (Å²) in [5.41, 5.74) is -2.14. The average Bonchev–Trinajstić information content (AvgIpc) is 3.01. The van der Waals surface area contributed by atoms with Crippen LogP contribution in [-0.4, -0.2) is 67.9 Å². The minimum Gasteiger partial charge on any atom is -0.414 e. The predicted molar refractivity (Wildman–Crippen MR) is 136 cm³/mol. The molecule has 4 atom stereocenters. The zero-order chi connectivity index (χ0) is 26.5. The van der Waals surface area contributed by atoms with Gasteiger partial charge in [-0.25, -0.2) is 4.79 Å². The van der Waals surface area contributed by atoms with Crippen molar-refractivity contribution in [2.45, 2.75) is 109 Å². The van der Waals surface area contributed by atoms with Crippen LogP contribution in [0, 0.1) is 6.92 Å². The minimum absolute atomic E-state index is 0.00858. The highest BCUT2D eigenvalue weighted by atomic mass is 28.5. The lowest BCUT2D eigenvalue weighted by Gasteiger charge is -2.53. The van der Waals surface area contributed by atoms with E-state index in [0.29, 0.717) is 5.56 Å². The van der Waals surface area contributed by atoms with Gasteiger partial charge in [-0.3, -0.25) is 14.3 Å². The summed E-state index contributed by atoms with van der Waals surface area (Å²) in [5, 5.41) is 22.2. The Morgan fingerprint density at radius 1 is 1.06 bits per heavy atom. The lowest BCUT2D eigenvalue weighted by Crippen LogP contribution is -2.69. The van der Waals surface area contributed by atoms with E-state index >= 15 is 0 Å². The van der Waals surface area contributed by atoms with Gasteiger partial charge in [-0.1, -0.05) is 55.4 Å². The lowest BCUT2D eigenvalue weighted by molar-refractivity contribution is -0.155. The van der Waals surface area contributed by atoms with Gasteiger partial charge in [0.1, 0.15) is 17.8 Å². The highest BCUT2D eigenvalue weighted by Gasteiger charge is 2.66. The SMILES string of the molecule is Cc1cn([C@@H]2O[C@]3(CO)CO[Si](C(C)C)(C(C)C)O[Si](C(C)C)(C(C)C)O[C@H]3[C@H]2O)c(=O)[nH]c1=O. The molecule has 0 radical (unpaired) electrons. The second kappa shape index (κ2) is 9.97. The van der Waals surface area contributed by atoms with E-state index in [1.54, 1.807) is 6.92 Å². The molecule has 12 heteroatoms. The van der Waals surface area contributed by atoms with Crippen LogP contribution in [-0.2, 0) is 17.7 Å². The summed E-state index contributed by atoms with van der Waals surface area (Å²) in [6.45, 7) is 17.6. The molecule has 0 amide bonds. The van der Waals surface area contributed by atoms with E-state index in [1.807, 2.05) is 0 Å². The molecular formula is C23H42N2O8Si2. The first-order valence-corrected chi connectivity index (χ1v) is 16.4.